The van der Waals surface area contributed by atoms with Gasteiger partial charge < -0.3 is 0 Å². The lowest BCUT2D eigenvalue weighted by Gasteiger charge is -2.26. The quantitative estimate of drug-likeness (QED) is 0.517. The lowest BCUT2D eigenvalue weighted by atomic mass is 9.97. The fraction of sp³-hybridized carbons (Fsp3) is 0.278. The van der Waals surface area contributed by atoms with Crippen molar-refractivity contribution >= 4 is 27.3 Å². The summed E-state index contributed by atoms with van der Waals surface area (Å²) in [7, 11) is -3.35. The smallest absolute Gasteiger partial charge is 0.264 e. The van der Waals surface area contributed by atoms with Crippen LogP contribution in [0.15, 0.2) is 42.5 Å². The van der Waals surface area contributed by atoms with Crippen LogP contribution >= 0.6 is 11.6 Å². The molecule has 1 aliphatic rings. The Labute approximate surface area is 161 Å². The highest BCUT2D eigenvalue weighted by atomic mass is 35.5. The Hall–Kier alpha value is -2.00. The zero-order valence-corrected chi connectivity index (χ0v) is 15.8. The zero-order chi connectivity index (χ0) is 19.7. The Kier molecular flexibility index (Phi) is 5.53. The lowest BCUT2D eigenvalue weighted by molar-refractivity contribution is -0.135. The van der Waals surface area contributed by atoms with E-state index < -0.39 is 27.1 Å². The molecule has 1 saturated heterocycles. The molecule has 3 rings (SSSR count). The molecule has 0 spiro atoms. The Morgan fingerprint density at radius 2 is 1.93 bits per heavy atom. The van der Waals surface area contributed by atoms with E-state index >= 15 is 0 Å². The second-order valence-electron chi connectivity index (χ2n) is 6.54. The molecule has 144 valence electrons. The van der Waals surface area contributed by atoms with Gasteiger partial charge in [-0.2, -0.15) is 0 Å². The molecule has 3 N–H and O–H groups in total. The average Bonchev–Trinajstić information content (AvgIpc) is 2.96. The maximum atomic E-state index is 14.0. The van der Waals surface area contributed by atoms with Crippen molar-refractivity contribution in [1.82, 2.24) is 10.8 Å². The number of carbonyl (C=O) groups is 1. The van der Waals surface area contributed by atoms with Gasteiger partial charge in [0.25, 0.3) is 5.91 Å². The number of amides is 1. The first-order valence-corrected chi connectivity index (χ1v) is 10.4. The molecule has 1 amide bonds. The summed E-state index contributed by atoms with van der Waals surface area (Å²) in [4.78, 5) is 12.0. The minimum atomic E-state index is -3.35. The minimum Gasteiger partial charge on any atom is -0.298 e. The van der Waals surface area contributed by atoms with E-state index in [1.165, 1.54) is 6.07 Å². The molecule has 2 aromatic carbocycles. The van der Waals surface area contributed by atoms with Crippen LogP contribution in [0.5, 0.6) is 0 Å². The van der Waals surface area contributed by atoms with Gasteiger partial charge in [0.15, 0.2) is 9.84 Å². The number of carbonyl (C=O) groups excluding carboxylic acids is 1. The van der Waals surface area contributed by atoms with Gasteiger partial charge in [0.05, 0.1) is 11.5 Å². The summed E-state index contributed by atoms with van der Waals surface area (Å²) in [6.07, 6.45) is 0.0792. The van der Waals surface area contributed by atoms with Gasteiger partial charge in [0.1, 0.15) is 11.4 Å². The van der Waals surface area contributed by atoms with Crippen molar-refractivity contribution in [3.8, 4) is 11.1 Å². The molecular formula is C18H18ClFN2O4S. The van der Waals surface area contributed by atoms with Crippen LogP contribution in [-0.4, -0.2) is 36.6 Å². The third-order valence-electron chi connectivity index (χ3n) is 4.67. The molecule has 1 fully saturated rings. The van der Waals surface area contributed by atoms with Crippen LogP contribution in [-0.2, 0) is 21.2 Å². The highest BCUT2D eigenvalue weighted by molar-refractivity contribution is 7.91. The highest BCUT2D eigenvalue weighted by Crippen LogP contribution is 2.27. The molecule has 0 bridgehead atoms. The van der Waals surface area contributed by atoms with Crippen LogP contribution in [0.1, 0.15) is 12.0 Å². The minimum absolute atomic E-state index is 0.0792. The average molecular weight is 413 g/mol. The second-order valence-corrected chi connectivity index (χ2v) is 9.16. The normalized spacial score (nSPS) is 21.1. The van der Waals surface area contributed by atoms with E-state index in [0.29, 0.717) is 16.1 Å². The van der Waals surface area contributed by atoms with Crippen molar-refractivity contribution in [2.24, 2.45) is 0 Å². The fourth-order valence-corrected chi connectivity index (χ4v) is 5.24. The van der Waals surface area contributed by atoms with Crippen LogP contribution in [0, 0.1) is 5.82 Å². The van der Waals surface area contributed by atoms with Gasteiger partial charge in [0.2, 0.25) is 0 Å². The van der Waals surface area contributed by atoms with E-state index in [4.69, 9.17) is 16.8 Å². The van der Waals surface area contributed by atoms with Gasteiger partial charge >= 0.3 is 0 Å². The zero-order valence-electron chi connectivity index (χ0n) is 14.2. The van der Waals surface area contributed by atoms with E-state index in [9.17, 15) is 17.6 Å². The topological polar surface area (TPSA) is 95.5 Å². The predicted molar refractivity (Wildman–Crippen MR) is 99.6 cm³/mol. The number of nitrogens with one attached hydrogen (secondary N) is 2. The van der Waals surface area contributed by atoms with Crippen molar-refractivity contribution in [3.05, 3.63) is 58.9 Å². The van der Waals surface area contributed by atoms with Crippen molar-refractivity contribution in [1.29, 1.82) is 0 Å². The molecule has 1 unspecified atom stereocenters. The summed E-state index contributed by atoms with van der Waals surface area (Å²) in [5.41, 5.74) is 2.04. The van der Waals surface area contributed by atoms with Crippen molar-refractivity contribution in [2.75, 3.05) is 11.5 Å². The standard InChI is InChI=1S/C18H18ClFN2O4S/c19-14-5-6-15(16(20)9-14)13-3-1-12(2-4-13)10-21-18(17(23)22-24)7-8-27(25,26)11-18/h1-6,9,21,24H,7-8,10-11H2,(H,22,23). The first-order valence-electron chi connectivity index (χ1n) is 8.19. The number of sulfone groups is 1. The number of halogens is 2. The van der Waals surface area contributed by atoms with Crippen LogP contribution in [0.4, 0.5) is 4.39 Å². The molecule has 0 aromatic heterocycles. The molecule has 0 aliphatic carbocycles. The van der Waals surface area contributed by atoms with E-state index in [1.807, 2.05) is 0 Å². The predicted octanol–water partition coefficient (Wildman–Crippen LogP) is 2.30. The van der Waals surface area contributed by atoms with Crippen LogP contribution < -0.4 is 10.8 Å². The molecule has 9 heteroatoms. The number of hydrogen-bond donors (Lipinski definition) is 3. The van der Waals surface area contributed by atoms with Crippen molar-refractivity contribution < 1.29 is 22.8 Å². The van der Waals surface area contributed by atoms with E-state index in [2.05, 4.69) is 5.32 Å². The van der Waals surface area contributed by atoms with Gasteiger partial charge in [-0.05, 0) is 35.7 Å². The van der Waals surface area contributed by atoms with E-state index in [1.54, 1.807) is 41.9 Å². The SMILES string of the molecule is O=C(NO)C1(NCc2ccc(-c3ccc(Cl)cc3F)cc2)CCS(=O)(=O)C1. The van der Waals surface area contributed by atoms with E-state index in [0.717, 1.165) is 5.56 Å². The molecule has 0 saturated carbocycles. The monoisotopic (exact) mass is 412 g/mol. The Morgan fingerprint density at radius 3 is 2.48 bits per heavy atom. The molecule has 6 nitrogen and oxygen atoms in total. The summed E-state index contributed by atoms with van der Waals surface area (Å²) in [5, 5.41) is 12.2. The van der Waals surface area contributed by atoms with Gasteiger partial charge in [-0.15, -0.1) is 0 Å². The van der Waals surface area contributed by atoms with Crippen LogP contribution in [0.2, 0.25) is 5.02 Å². The van der Waals surface area contributed by atoms with Gasteiger partial charge in [-0.1, -0.05) is 35.9 Å². The number of benzene rings is 2. The lowest BCUT2D eigenvalue weighted by Crippen LogP contribution is -2.57. The van der Waals surface area contributed by atoms with E-state index in [-0.39, 0.29) is 24.5 Å². The summed E-state index contributed by atoms with van der Waals surface area (Å²) >= 11 is 5.76. The van der Waals surface area contributed by atoms with Gasteiger partial charge in [-0.3, -0.25) is 15.3 Å². The van der Waals surface area contributed by atoms with Crippen molar-refractivity contribution in [3.63, 3.8) is 0 Å². The van der Waals surface area contributed by atoms with Crippen molar-refractivity contribution in [2.45, 2.75) is 18.5 Å². The number of hydroxylamine groups is 1. The Morgan fingerprint density at radius 1 is 1.22 bits per heavy atom. The fourth-order valence-electron chi connectivity index (χ4n) is 3.15. The van der Waals surface area contributed by atoms with Crippen LogP contribution in [0.25, 0.3) is 11.1 Å². The summed E-state index contributed by atoms with van der Waals surface area (Å²) in [6.45, 7) is 0.215. The molecular weight excluding hydrogens is 395 g/mol. The maximum Gasteiger partial charge on any atom is 0.264 e. The summed E-state index contributed by atoms with van der Waals surface area (Å²) < 4.78 is 37.6. The summed E-state index contributed by atoms with van der Waals surface area (Å²) in [6, 6.07) is 11.4. The third kappa shape index (κ3) is 4.30. The molecule has 1 atom stereocenters. The molecule has 2 aromatic rings. The third-order valence-corrected chi connectivity index (χ3v) is 6.66. The molecule has 27 heavy (non-hydrogen) atoms. The molecule has 1 heterocycles. The molecule has 1 aliphatic heterocycles. The number of hydrogen-bond acceptors (Lipinski definition) is 5. The number of rotatable bonds is 5. The van der Waals surface area contributed by atoms with Crippen LogP contribution in [0.3, 0.4) is 0 Å². The Bertz CT molecular complexity index is 966. The largest absolute Gasteiger partial charge is 0.298 e. The Balaban J connectivity index is 1.75. The highest BCUT2D eigenvalue weighted by Gasteiger charge is 2.47. The van der Waals surface area contributed by atoms with Gasteiger partial charge in [-0.25, -0.2) is 18.3 Å². The second kappa shape index (κ2) is 7.55. The summed E-state index contributed by atoms with van der Waals surface area (Å²) in [5.74, 6) is -1.70. The molecule has 0 radical (unpaired) electrons. The first-order chi connectivity index (χ1) is 12.7. The maximum absolute atomic E-state index is 14.0. The van der Waals surface area contributed by atoms with Gasteiger partial charge in [0, 0.05) is 17.1 Å². The first kappa shape index (κ1) is 19.8.